The van der Waals surface area contributed by atoms with Crippen LogP contribution in [0.1, 0.15) is 55.4 Å². The second kappa shape index (κ2) is 14.3. The molecular weight excluding hydrogens is 248 g/mol. The van der Waals surface area contributed by atoms with Crippen molar-refractivity contribution < 1.29 is 19.2 Å². The zero-order chi connectivity index (χ0) is 12.6. The fraction of sp³-hybridized carbons (Fsp3) is 0.692. The summed E-state index contributed by atoms with van der Waals surface area (Å²) in [7, 11) is 0. The SMILES string of the molecule is C.C.C.CCC(=O)CC(=O)NCNC(=O)CC(C)=O. The molecule has 0 saturated carbocycles. The molecule has 0 fully saturated rings. The van der Waals surface area contributed by atoms with Crippen LogP contribution in [-0.2, 0) is 19.2 Å². The molecule has 2 N–H and O–H groups in total. The largest absolute Gasteiger partial charge is 0.338 e. The summed E-state index contributed by atoms with van der Waals surface area (Å²) in [5.74, 6) is -1.29. The third-order valence-corrected chi connectivity index (χ3v) is 1.73. The van der Waals surface area contributed by atoms with Gasteiger partial charge in [0.2, 0.25) is 11.8 Å². The summed E-state index contributed by atoms with van der Waals surface area (Å²) in [6, 6.07) is 0. The summed E-state index contributed by atoms with van der Waals surface area (Å²) in [6.07, 6.45) is -0.0764. The molecule has 19 heavy (non-hydrogen) atoms. The highest BCUT2D eigenvalue weighted by Gasteiger charge is 2.08. The minimum absolute atomic E-state index is 0. The van der Waals surface area contributed by atoms with Crippen molar-refractivity contribution in [2.24, 2.45) is 0 Å². The number of amides is 2. The lowest BCUT2D eigenvalue weighted by Crippen LogP contribution is -2.38. The van der Waals surface area contributed by atoms with Gasteiger partial charge < -0.3 is 10.6 Å². The van der Waals surface area contributed by atoms with Crippen molar-refractivity contribution in [1.82, 2.24) is 10.6 Å². The van der Waals surface area contributed by atoms with Gasteiger partial charge in [-0.15, -0.1) is 0 Å². The van der Waals surface area contributed by atoms with Gasteiger partial charge >= 0.3 is 0 Å². The van der Waals surface area contributed by atoms with Gasteiger partial charge in [0.05, 0.1) is 19.5 Å². The molecule has 0 rings (SSSR count). The Labute approximate surface area is 116 Å². The number of ketones is 2. The van der Waals surface area contributed by atoms with Crippen LogP contribution in [0.5, 0.6) is 0 Å². The predicted octanol–water partition coefficient (Wildman–Crippen LogP) is 1.43. The maximum absolute atomic E-state index is 11.1. The van der Waals surface area contributed by atoms with E-state index in [2.05, 4.69) is 10.6 Å². The van der Waals surface area contributed by atoms with Crippen molar-refractivity contribution in [2.45, 2.75) is 55.4 Å². The first-order chi connectivity index (χ1) is 7.45. The molecule has 114 valence electrons. The van der Waals surface area contributed by atoms with Crippen LogP contribution in [0, 0.1) is 0 Å². The molecule has 0 aliphatic carbocycles. The van der Waals surface area contributed by atoms with Crippen LogP contribution in [0.2, 0.25) is 0 Å². The molecule has 0 aromatic carbocycles. The maximum atomic E-state index is 11.1. The second-order valence-electron chi connectivity index (χ2n) is 3.32. The number of Topliss-reactive ketones (excluding diaryl/α,β-unsaturated/α-hetero) is 2. The van der Waals surface area contributed by atoms with E-state index in [1.165, 1.54) is 6.92 Å². The minimum Gasteiger partial charge on any atom is -0.338 e. The number of carbonyl (C=O) groups is 4. The van der Waals surface area contributed by atoms with Crippen LogP contribution in [0.25, 0.3) is 0 Å². The molecule has 0 aromatic heterocycles. The van der Waals surface area contributed by atoms with E-state index < -0.39 is 11.8 Å². The predicted molar refractivity (Wildman–Crippen MR) is 76.6 cm³/mol. The van der Waals surface area contributed by atoms with Gasteiger partial charge in [-0.25, -0.2) is 0 Å². The molecule has 0 saturated heterocycles. The molecule has 0 bridgehead atoms. The van der Waals surface area contributed by atoms with Crippen molar-refractivity contribution in [3.63, 3.8) is 0 Å². The normalized spacial score (nSPS) is 7.89. The van der Waals surface area contributed by atoms with E-state index in [1.54, 1.807) is 6.92 Å². The molecule has 0 atom stereocenters. The van der Waals surface area contributed by atoms with E-state index in [0.29, 0.717) is 6.42 Å². The summed E-state index contributed by atoms with van der Waals surface area (Å²) in [5, 5.41) is 4.68. The average Bonchev–Trinajstić information content (AvgIpc) is 2.16. The van der Waals surface area contributed by atoms with Gasteiger partial charge in [0.25, 0.3) is 0 Å². The van der Waals surface area contributed by atoms with Gasteiger partial charge in [0, 0.05) is 6.42 Å². The minimum atomic E-state index is -0.449. The van der Waals surface area contributed by atoms with Crippen LogP contribution in [0.4, 0.5) is 0 Å². The van der Waals surface area contributed by atoms with Gasteiger partial charge in [-0.3, -0.25) is 19.2 Å². The fourth-order valence-corrected chi connectivity index (χ4v) is 0.897. The van der Waals surface area contributed by atoms with Crippen LogP contribution >= 0.6 is 0 Å². The quantitative estimate of drug-likeness (QED) is 0.543. The highest BCUT2D eigenvalue weighted by molar-refractivity contribution is 5.98. The van der Waals surface area contributed by atoms with E-state index in [4.69, 9.17) is 0 Å². The molecule has 0 radical (unpaired) electrons. The van der Waals surface area contributed by atoms with Crippen LogP contribution in [0.3, 0.4) is 0 Å². The Morgan fingerprint density at radius 3 is 1.63 bits per heavy atom. The van der Waals surface area contributed by atoms with Gasteiger partial charge in [0.1, 0.15) is 11.6 Å². The first kappa shape index (κ1) is 26.0. The van der Waals surface area contributed by atoms with Crippen LogP contribution in [0.15, 0.2) is 0 Å². The Morgan fingerprint density at radius 2 is 1.26 bits per heavy atom. The first-order valence-electron chi connectivity index (χ1n) is 5.00. The summed E-state index contributed by atoms with van der Waals surface area (Å²) in [5.41, 5.74) is 0. The Kier molecular flexibility index (Phi) is 19.6. The Bertz CT molecular complexity index is 301. The maximum Gasteiger partial charge on any atom is 0.228 e. The van der Waals surface area contributed by atoms with Crippen molar-refractivity contribution >= 4 is 23.4 Å². The summed E-state index contributed by atoms with van der Waals surface area (Å²) < 4.78 is 0. The van der Waals surface area contributed by atoms with Gasteiger partial charge in [-0.2, -0.15) is 0 Å². The Morgan fingerprint density at radius 1 is 0.842 bits per heavy atom. The zero-order valence-electron chi connectivity index (χ0n) is 9.46. The monoisotopic (exact) mass is 276 g/mol. The van der Waals surface area contributed by atoms with Crippen molar-refractivity contribution in [3.8, 4) is 0 Å². The highest BCUT2D eigenvalue weighted by atomic mass is 16.2. The summed E-state index contributed by atoms with van der Waals surface area (Å²) in [4.78, 5) is 43.4. The molecule has 0 heterocycles. The van der Waals surface area contributed by atoms with Crippen LogP contribution in [-0.4, -0.2) is 30.0 Å². The lowest BCUT2D eigenvalue weighted by molar-refractivity contribution is -0.128. The van der Waals surface area contributed by atoms with Gasteiger partial charge in [-0.1, -0.05) is 29.2 Å². The number of carbonyl (C=O) groups excluding carboxylic acids is 4. The fourth-order valence-electron chi connectivity index (χ4n) is 0.897. The van der Waals surface area contributed by atoms with Crippen molar-refractivity contribution in [2.75, 3.05) is 6.67 Å². The summed E-state index contributed by atoms with van der Waals surface area (Å²) >= 11 is 0. The molecule has 6 heteroatoms. The molecule has 0 unspecified atom stereocenters. The van der Waals surface area contributed by atoms with E-state index in [1.807, 2.05) is 0 Å². The average molecular weight is 276 g/mol. The molecule has 0 aliphatic heterocycles. The number of hydrogen-bond donors (Lipinski definition) is 2. The molecule has 0 aliphatic rings. The van der Waals surface area contributed by atoms with Gasteiger partial charge in [-0.05, 0) is 6.92 Å². The Balaban J connectivity index is -0.000000375. The topological polar surface area (TPSA) is 92.3 Å². The number of hydrogen-bond acceptors (Lipinski definition) is 4. The highest BCUT2D eigenvalue weighted by Crippen LogP contribution is 1.87. The smallest absolute Gasteiger partial charge is 0.228 e. The van der Waals surface area contributed by atoms with E-state index in [-0.39, 0.29) is 53.4 Å². The van der Waals surface area contributed by atoms with E-state index in [9.17, 15) is 19.2 Å². The lowest BCUT2D eigenvalue weighted by Gasteiger charge is -2.05. The van der Waals surface area contributed by atoms with E-state index >= 15 is 0 Å². The van der Waals surface area contributed by atoms with Crippen molar-refractivity contribution in [1.29, 1.82) is 0 Å². The third kappa shape index (κ3) is 16.3. The van der Waals surface area contributed by atoms with Gasteiger partial charge in [0.15, 0.2) is 0 Å². The Hall–Kier alpha value is -1.72. The first-order valence-corrected chi connectivity index (χ1v) is 5.00. The molecule has 6 nitrogen and oxygen atoms in total. The number of rotatable bonds is 7. The van der Waals surface area contributed by atoms with E-state index in [0.717, 1.165) is 0 Å². The molecule has 0 spiro atoms. The molecule has 2 amide bonds. The number of nitrogens with one attached hydrogen (secondary N) is 2. The standard InChI is InChI=1S/C10H16N2O4.3CH4/c1-3-8(14)5-10(16)12-6-11-9(15)4-7(2)13;;;/h3-6H2,1-2H3,(H,11,15)(H,12,16);3*1H4. The second-order valence-corrected chi connectivity index (χ2v) is 3.32. The van der Waals surface area contributed by atoms with Crippen LogP contribution < -0.4 is 10.6 Å². The third-order valence-electron chi connectivity index (χ3n) is 1.73. The molecular formula is C13H28N2O4. The molecule has 0 aromatic rings. The summed E-state index contributed by atoms with van der Waals surface area (Å²) in [6.45, 7) is 2.91. The zero-order valence-corrected chi connectivity index (χ0v) is 9.46. The van der Waals surface area contributed by atoms with Crippen molar-refractivity contribution in [3.05, 3.63) is 0 Å². The lowest BCUT2D eigenvalue weighted by atomic mass is 10.2.